The van der Waals surface area contributed by atoms with Gasteiger partial charge in [0.05, 0.1) is 5.56 Å². The van der Waals surface area contributed by atoms with Crippen LogP contribution in [0.3, 0.4) is 0 Å². The van der Waals surface area contributed by atoms with Crippen molar-refractivity contribution in [3.05, 3.63) is 27.3 Å². The Morgan fingerprint density at radius 2 is 2.00 bits per heavy atom. The maximum Gasteiger partial charge on any atom is 0.288 e. The van der Waals surface area contributed by atoms with Crippen LogP contribution in [0.2, 0.25) is 0 Å². The standard InChI is InChI=1S/C8H10FN3O2/c1-3-4(7(11)13)6(10)12(2)8(14)5(3)9/h10H2,1-2H3,(H2,11,13). The number of carbonyl (C=O) groups excluding carboxylic acids is 1. The second-order valence-electron chi connectivity index (χ2n) is 2.93. The number of nitrogen functional groups attached to an aromatic ring is 1. The molecular weight excluding hydrogens is 189 g/mol. The molecule has 0 atom stereocenters. The van der Waals surface area contributed by atoms with E-state index < -0.39 is 17.3 Å². The fourth-order valence-corrected chi connectivity index (χ4v) is 1.20. The number of hydrogen-bond donors (Lipinski definition) is 2. The van der Waals surface area contributed by atoms with Crippen molar-refractivity contribution >= 4 is 11.7 Å². The van der Waals surface area contributed by atoms with Gasteiger partial charge in [-0.2, -0.15) is 0 Å². The third-order valence-electron chi connectivity index (χ3n) is 2.06. The smallest absolute Gasteiger partial charge is 0.288 e. The van der Waals surface area contributed by atoms with Crippen molar-refractivity contribution in [2.45, 2.75) is 6.92 Å². The Balaban J connectivity index is 3.78. The Morgan fingerprint density at radius 3 is 2.43 bits per heavy atom. The van der Waals surface area contributed by atoms with Crippen LogP contribution in [-0.2, 0) is 7.05 Å². The molecule has 0 spiro atoms. The number of carbonyl (C=O) groups is 1. The molecule has 1 aromatic heterocycles. The van der Waals surface area contributed by atoms with Gasteiger partial charge in [-0.15, -0.1) is 0 Å². The fraction of sp³-hybridized carbons (Fsp3) is 0.250. The van der Waals surface area contributed by atoms with Gasteiger partial charge >= 0.3 is 0 Å². The molecule has 0 aliphatic heterocycles. The average Bonchev–Trinajstić information content (AvgIpc) is 2.11. The predicted octanol–water partition coefficient (Wildman–Crippen LogP) is -0.486. The van der Waals surface area contributed by atoms with Gasteiger partial charge in [0.15, 0.2) is 5.82 Å². The van der Waals surface area contributed by atoms with E-state index in [0.29, 0.717) is 0 Å². The lowest BCUT2D eigenvalue weighted by atomic mass is 10.1. The summed E-state index contributed by atoms with van der Waals surface area (Å²) in [7, 11) is 1.27. The van der Waals surface area contributed by atoms with E-state index >= 15 is 0 Å². The summed E-state index contributed by atoms with van der Waals surface area (Å²) in [6.45, 7) is 1.28. The molecular formula is C8H10FN3O2. The van der Waals surface area contributed by atoms with Crippen LogP contribution in [-0.4, -0.2) is 10.5 Å². The topological polar surface area (TPSA) is 91.1 Å². The summed E-state index contributed by atoms with van der Waals surface area (Å²) in [6.07, 6.45) is 0. The zero-order chi connectivity index (χ0) is 11.0. The van der Waals surface area contributed by atoms with Crippen LogP contribution in [0.15, 0.2) is 4.79 Å². The molecule has 0 saturated carbocycles. The SMILES string of the molecule is Cc1c(C(N)=O)c(N)n(C)c(=O)c1F. The molecule has 0 saturated heterocycles. The summed E-state index contributed by atoms with van der Waals surface area (Å²) in [5, 5.41) is 0. The highest BCUT2D eigenvalue weighted by atomic mass is 19.1. The molecule has 1 amide bonds. The van der Waals surface area contributed by atoms with Crippen LogP contribution in [0.1, 0.15) is 15.9 Å². The minimum atomic E-state index is -1.00. The van der Waals surface area contributed by atoms with Crippen molar-refractivity contribution < 1.29 is 9.18 Å². The summed E-state index contributed by atoms with van der Waals surface area (Å²) >= 11 is 0. The minimum Gasteiger partial charge on any atom is -0.384 e. The normalized spacial score (nSPS) is 10.2. The molecule has 1 aromatic rings. The lowest BCUT2D eigenvalue weighted by molar-refractivity contribution is 0.0999. The Bertz CT molecular complexity index is 432. The van der Waals surface area contributed by atoms with Crippen LogP contribution in [0.5, 0.6) is 0 Å². The maximum atomic E-state index is 13.2. The number of nitrogens with zero attached hydrogens (tertiary/aromatic N) is 1. The molecule has 0 aliphatic carbocycles. The van der Waals surface area contributed by atoms with E-state index in [-0.39, 0.29) is 16.9 Å². The van der Waals surface area contributed by atoms with Crippen molar-refractivity contribution in [2.24, 2.45) is 12.8 Å². The van der Waals surface area contributed by atoms with Crippen LogP contribution >= 0.6 is 0 Å². The molecule has 0 fully saturated rings. The number of hydrogen-bond acceptors (Lipinski definition) is 3. The fourth-order valence-electron chi connectivity index (χ4n) is 1.20. The van der Waals surface area contributed by atoms with Gasteiger partial charge in [0, 0.05) is 12.6 Å². The molecule has 0 unspecified atom stereocenters. The first-order valence-corrected chi connectivity index (χ1v) is 3.82. The Labute approximate surface area is 79.1 Å². The molecule has 76 valence electrons. The lowest BCUT2D eigenvalue weighted by Gasteiger charge is -2.10. The van der Waals surface area contributed by atoms with E-state index in [4.69, 9.17) is 11.5 Å². The van der Waals surface area contributed by atoms with Crippen LogP contribution in [0.4, 0.5) is 10.2 Å². The van der Waals surface area contributed by atoms with Crippen LogP contribution in [0.25, 0.3) is 0 Å². The molecule has 0 radical (unpaired) electrons. The number of rotatable bonds is 1. The van der Waals surface area contributed by atoms with E-state index in [2.05, 4.69) is 0 Å². The van der Waals surface area contributed by atoms with Gasteiger partial charge < -0.3 is 11.5 Å². The van der Waals surface area contributed by atoms with E-state index in [1.807, 2.05) is 0 Å². The highest BCUT2D eigenvalue weighted by Crippen LogP contribution is 2.15. The molecule has 14 heavy (non-hydrogen) atoms. The number of amides is 1. The zero-order valence-corrected chi connectivity index (χ0v) is 7.80. The maximum absolute atomic E-state index is 13.2. The van der Waals surface area contributed by atoms with Crippen molar-refractivity contribution in [3.63, 3.8) is 0 Å². The predicted molar refractivity (Wildman–Crippen MR) is 49.3 cm³/mol. The molecule has 6 heteroatoms. The highest BCUT2D eigenvalue weighted by Gasteiger charge is 2.18. The second-order valence-corrected chi connectivity index (χ2v) is 2.93. The van der Waals surface area contributed by atoms with E-state index in [0.717, 1.165) is 4.57 Å². The number of anilines is 1. The minimum absolute atomic E-state index is 0.113. The highest BCUT2D eigenvalue weighted by molar-refractivity contribution is 5.98. The summed E-state index contributed by atoms with van der Waals surface area (Å²) in [5.41, 5.74) is 9.32. The van der Waals surface area contributed by atoms with Crippen molar-refractivity contribution in [3.8, 4) is 0 Å². The number of aromatic nitrogens is 1. The van der Waals surface area contributed by atoms with Crippen LogP contribution in [0, 0.1) is 12.7 Å². The van der Waals surface area contributed by atoms with E-state index in [1.54, 1.807) is 0 Å². The van der Waals surface area contributed by atoms with Gasteiger partial charge in [-0.05, 0) is 6.92 Å². The summed E-state index contributed by atoms with van der Waals surface area (Å²) in [4.78, 5) is 22.1. The first-order valence-electron chi connectivity index (χ1n) is 3.82. The quantitative estimate of drug-likeness (QED) is 0.639. The zero-order valence-electron chi connectivity index (χ0n) is 7.80. The molecule has 0 bridgehead atoms. The lowest BCUT2D eigenvalue weighted by Crippen LogP contribution is -2.29. The first-order chi connectivity index (χ1) is 6.37. The molecule has 5 nitrogen and oxygen atoms in total. The van der Waals surface area contributed by atoms with Crippen molar-refractivity contribution in [1.82, 2.24) is 4.57 Å². The monoisotopic (exact) mass is 199 g/mol. The number of pyridine rings is 1. The third kappa shape index (κ3) is 1.24. The molecule has 1 rings (SSSR count). The van der Waals surface area contributed by atoms with Crippen molar-refractivity contribution in [1.29, 1.82) is 0 Å². The average molecular weight is 199 g/mol. The van der Waals surface area contributed by atoms with Crippen molar-refractivity contribution in [2.75, 3.05) is 5.73 Å². The van der Waals surface area contributed by atoms with Gasteiger partial charge in [-0.1, -0.05) is 0 Å². The number of nitrogens with two attached hydrogens (primary N) is 2. The largest absolute Gasteiger partial charge is 0.384 e. The van der Waals surface area contributed by atoms with Gasteiger partial charge in [0.25, 0.3) is 11.5 Å². The van der Waals surface area contributed by atoms with Gasteiger partial charge in [0.1, 0.15) is 5.82 Å². The number of primary amides is 1. The summed E-state index contributed by atoms with van der Waals surface area (Å²) in [6, 6.07) is 0. The van der Waals surface area contributed by atoms with Gasteiger partial charge in [0.2, 0.25) is 0 Å². The van der Waals surface area contributed by atoms with Crippen LogP contribution < -0.4 is 17.0 Å². The second kappa shape index (κ2) is 3.13. The summed E-state index contributed by atoms with van der Waals surface area (Å²) in [5.74, 6) is -1.98. The first kappa shape index (κ1) is 10.2. The summed E-state index contributed by atoms with van der Waals surface area (Å²) < 4.78 is 14.0. The van der Waals surface area contributed by atoms with Gasteiger partial charge in [-0.25, -0.2) is 4.39 Å². The number of halogens is 1. The van der Waals surface area contributed by atoms with Gasteiger partial charge in [-0.3, -0.25) is 14.2 Å². The Hall–Kier alpha value is -1.85. The molecule has 1 heterocycles. The Morgan fingerprint density at radius 1 is 1.50 bits per heavy atom. The molecule has 0 aromatic carbocycles. The van der Waals surface area contributed by atoms with E-state index in [9.17, 15) is 14.0 Å². The third-order valence-corrected chi connectivity index (χ3v) is 2.06. The van der Waals surface area contributed by atoms with E-state index in [1.165, 1.54) is 14.0 Å². The molecule has 0 aliphatic rings. The molecule has 4 N–H and O–H groups in total. The Kier molecular flexibility index (Phi) is 2.29.